The predicted octanol–water partition coefficient (Wildman–Crippen LogP) is 3.43. The van der Waals surface area contributed by atoms with Crippen LogP contribution in [0.4, 0.5) is 0 Å². The highest BCUT2D eigenvalue weighted by molar-refractivity contribution is 6.30. The molecule has 2 nitrogen and oxygen atoms in total. The van der Waals surface area contributed by atoms with Crippen LogP contribution in [0.15, 0.2) is 24.3 Å². The Bertz CT molecular complexity index is 346. The summed E-state index contributed by atoms with van der Waals surface area (Å²) < 4.78 is 0. The lowest BCUT2D eigenvalue weighted by Crippen LogP contribution is -2.36. The van der Waals surface area contributed by atoms with E-state index in [1.54, 1.807) is 0 Å². The maximum Gasteiger partial charge on any atom is 0.0406 e. The summed E-state index contributed by atoms with van der Waals surface area (Å²) >= 11 is 5.97. The fourth-order valence-electron chi connectivity index (χ4n) is 2.54. The fraction of sp³-hybridized carbons (Fsp3) is 0.600. The van der Waals surface area contributed by atoms with Crippen molar-refractivity contribution in [3.63, 3.8) is 0 Å². The van der Waals surface area contributed by atoms with Crippen molar-refractivity contribution in [3.05, 3.63) is 34.9 Å². The molecule has 1 rings (SSSR count). The lowest BCUT2D eigenvalue weighted by atomic mass is 9.83. The van der Waals surface area contributed by atoms with Crippen LogP contribution in [0.25, 0.3) is 0 Å². The molecule has 0 bridgehead atoms. The summed E-state index contributed by atoms with van der Waals surface area (Å²) in [6.45, 7) is 5.59. The van der Waals surface area contributed by atoms with E-state index in [-0.39, 0.29) is 0 Å². The minimum atomic E-state index is 0.412. The van der Waals surface area contributed by atoms with Crippen LogP contribution in [-0.4, -0.2) is 32.6 Å². The zero-order valence-corrected chi connectivity index (χ0v) is 12.8. The zero-order valence-electron chi connectivity index (χ0n) is 12.1. The highest BCUT2D eigenvalue weighted by atomic mass is 35.5. The van der Waals surface area contributed by atoms with Gasteiger partial charge in [0.2, 0.25) is 0 Å². The first-order valence-corrected chi connectivity index (χ1v) is 6.91. The zero-order chi connectivity index (χ0) is 13.7. The highest BCUT2D eigenvalue weighted by Gasteiger charge is 2.27. The number of rotatable bonds is 6. The first kappa shape index (κ1) is 15.5. The molecule has 0 aliphatic rings. The van der Waals surface area contributed by atoms with Gasteiger partial charge in [-0.25, -0.2) is 0 Å². The SMILES string of the molecule is CNCC(C(C)C)C(c1ccc(Cl)cc1)N(C)C. The van der Waals surface area contributed by atoms with Gasteiger partial charge >= 0.3 is 0 Å². The molecule has 0 fully saturated rings. The lowest BCUT2D eigenvalue weighted by molar-refractivity contribution is 0.169. The van der Waals surface area contributed by atoms with E-state index in [1.165, 1.54) is 5.56 Å². The molecule has 2 unspecified atom stereocenters. The van der Waals surface area contributed by atoms with Crippen molar-refractivity contribution in [2.24, 2.45) is 11.8 Å². The van der Waals surface area contributed by atoms with E-state index < -0.39 is 0 Å². The highest BCUT2D eigenvalue weighted by Crippen LogP contribution is 2.32. The van der Waals surface area contributed by atoms with Crippen LogP contribution in [0.3, 0.4) is 0 Å². The predicted molar refractivity (Wildman–Crippen MR) is 80.1 cm³/mol. The topological polar surface area (TPSA) is 15.3 Å². The number of halogens is 1. The van der Waals surface area contributed by atoms with Crippen molar-refractivity contribution in [2.45, 2.75) is 19.9 Å². The Morgan fingerprint density at radius 1 is 1.17 bits per heavy atom. The number of nitrogens with one attached hydrogen (secondary N) is 1. The molecule has 102 valence electrons. The van der Waals surface area contributed by atoms with Crippen molar-refractivity contribution in [1.29, 1.82) is 0 Å². The van der Waals surface area contributed by atoms with Gasteiger partial charge in [0.05, 0.1) is 0 Å². The minimum Gasteiger partial charge on any atom is -0.319 e. The largest absolute Gasteiger partial charge is 0.319 e. The van der Waals surface area contributed by atoms with E-state index in [0.29, 0.717) is 17.9 Å². The smallest absolute Gasteiger partial charge is 0.0406 e. The molecule has 0 heterocycles. The Morgan fingerprint density at radius 3 is 2.11 bits per heavy atom. The molecule has 0 saturated heterocycles. The summed E-state index contributed by atoms with van der Waals surface area (Å²) in [6.07, 6.45) is 0. The quantitative estimate of drug-likeness (QED) is 0.850. The van der Waals surface area contributed by atoms with E-state index in [4.69, 9.17) is 11.6 Å². The lowest BCUT2D eigenvalue weighted by Gasteiger charge is -2.35. The Hall–Kier alpha value is -0.570. The van der Waals surface area contributed by atoms with Crippen LogP contribution < -0.4 is 5.32 Å². The molecular formula is C15H25ClN2. The minimum absolute atomic E-state index is 0.412. The molecule has 3 heteroatoms. The first-order valence-electron chi connectivity index (χ1n) is 6.53. The van der Waals surface area contributed by atoms with Crippen LogP contribution in [0, 0.1) is 11.8 Å². The van der Waals surface area contributed by atoms with Crippen molar-refractivity contribution in [2.75, 3.05) is 27.7 Å². The van der Waals surface area contributed by atoms with Crippen molar-refractivity contribution in [3.8, 4) is 0 Å². The monoisotopic (exact) mass is 268 g/mol. The fourth-order valence-corrected chi connectivity index (χ4v) is 2.66. The van der Waals surface area contributed by atoms with Gasteiger partial charge in [0, 0.05) is 11.1 Å². The van der Waals surface area contributed by atoms with Crippen molar-refractivity contribution >= 4 is 11.6 Å². The van der Waals surface area contributed by atoms with Gasteiger partial charge in [-0.1, -0.05) is 37.6 Å². The molecule has 1 aromatic rings. The van der Waals surface area contributed by atoms with Crippen molar-refractivity contribution < 1.29 is 0 Å². The molecule has 0 aliphatic heterocycles. The molecule has 0 spiro atoms. The third kappa shape index (κ3) is 3.98. The maximum atomic E-state index is 5.97. The summed E-state index contributed by atoms with van der Waals surface area (Å²) in [4.78, 5) is 2.30. The average molecular weight is 269 g/mol. The molecule has 2 atom stereocenters. The van der Waals surface area contributed by atoms with Gasteiger partial charge < -0.3 is 10.2 Å². The third-order valence-corrected chi connectivity index (χ3v) is 3.72. The summed E-state index contributed by atoms with van der Waals surface area (Å²) in [6, 6.07) is 8.64. The molecular weight excluding hydrogens is 244 g/mol. The summed E-state index contributed by atoms with van der Waals surface area (Å²) in [7, 11) is 6.30. The Morgan fingerprint density at radius 2 is 1.72 bits per heavy atom. The van der Waals surface area contributed by atoms with Crippen LogP contribution in [0.5, 0.6) is 0 Å². The second-order valence-electron chi connectivity index (χ2n) is 5.43. The Kier molecular flexibility index (Phi) is 6.13. The van der Waals surface area contributed by atoms with Crippen LogP contribution in [0.1, 0.15) is 25.5 Å². The number of hydrogen-bond acceptors (Lipinski definition) is 2. The summed E-state index contributed by atoms with van der Waals surface area (Å²) in [5, 5.41) is 4.11. The molecule has 1 aromatic carbocycles. The number of hydrogen-bond donors (Lipinski definition) is 1. The Balaban J connectivity index is 3.03. The molecule has 0 saturated carbocycles. The summed E-state index contributed by atoms with van der Waals surface area (Å²) in [5.74, 6) is 1.20. The van der Waals surface area contributed by atoms with Crippen LogP contribution >= 0.6 is 11.6 Å². The van der Waals surface area contributed by atoms with Crippen LogP contribution in [-0.2, 0) is 0 Å². The van der Waals surface area contributed by atoms with Gasteiger partial charge in [0.25, 0.3) is 0 Å². The Labute approximate surface area is 116 Å². The van der Waals surface area contributed by atoms with Gasteiger partial charge in [-0.15, -0.1) is 0 Å². The second-order valence-corrected chi connectivity index (χ2v) is 5.86. The second kappa shape index (κ2) is 7.13. The van der Waals surface area contributed by atoms with E-state index >= 15 is 0 Å². The molecule has 0 radical (unpaired) electrons. The maximum absolute atomic E-state index is 5.97. The number of benzene rings is 1. The normalized spacial score (nSPS) is 15.1. The van der Waals surface area contributed by atoms with E-state index in [2.05, 4.69) is 50.3 Å². The van der Waals surface area contributed by atoms with Gasteiger partial charge in [-0.2, -0.15) is 0 Å². The van der Waals surface area contributed by atoms with E-state index in [9.17, 15) is 0 Å². The van der Waals surface area contributed by atoms with E-state index in [1.807, 2.05) is 19.2 Å². The van der Waals surface area contributed by atoms with Gasteiger partial charge in [-0.3, -0.25) is 0 Å². The molecule has 18 heavy (non-hydrogen) atoms. The molecule has 0 amide bonds. The molecule has 1 N–H and O–H groups in total. The number of nitrogens with zero attached hydrogens (tertiary/aromatic N) is 1. The van der Waals surface area contributed by atoms with Crippen LogP contribution in [0.2, 0.25) is 5.02 Å². The first-order chi connectivity index (χ1) is 8.47. The van der Waals surface area contributed by atoms with Gasteiger partial charge in [-0.05, 0) is 57.2 Å². The van der Waals surface area contributed by atoms with Gasteiger partial charge in [0.15, 0.2) is 0 Å². The molecule has 0 aromatic heterocycles. The van der Waals surface area contributed by atoms with Gasteiger partial charge in [0.1, 0.15) is 0 Å². The molecule has 0 aliphatic carbocycles. The van der Waals surface area contributed by atoms with E-state index in [0.717, 1.165) is 11.6 Å². The summed E-state index contributed by atoms with van der Waals surface area (Å²) in [5.41, 5.74) is 1.33. The van der Waals surface area contributed by atoms with Crippen molar-refractivity contribution in [1.82, 2.24) is 10.2 Å². The third-order valence-electron chi connectivity index (χ3n) is 3.47. The standard InChI is InChI=1S/C15H25ClN2/c1-11(2)14(10-17-3)15(18(4)5)12-6-8-13(16)9-7-12/h6-9,11,14-15,17H,10H2,1-5H3. The average Bonchev–Trinajstić information content (AvgIpc) is 2.30.